The van der Waals surface area contributed by atoms with Crippen LogP contribution in [0.3, 0.4) is 0 Å². The van der Waals surface area contributed by atoms with E-state index in [0.717, 1.165) is 0 Å². The monoisotopic (exact) mass is 474 g/mol. The normalized spacial score (nSPS) is 14.5. The molecule has 0 heterocycles. The summed E-state index contributed by atoms with van der Waals surface area (Å²) in [5, 5.41) is 24.9. The molecule has 0 rings (SSSR count). The number of hydrogen-bond acceptors (Lipinski definition) is 8. The van der Waals surface area contributed by atoms with Crippen molar-refractivity contribution in [2.75, 3.05) is 6.54 Å². The van der Waals surface area contributed by atoms with Crippen LogP contribution in [0.1, 0.15) is 46.0 Å². The number of nitrogens with one attached hydrogen (secondary N) is 3. The summed E-state index contributed by atoms with van der Waals surface area (Å²) in [5.41, 5.74) is 16.1. The molecule has 0 aromatic heterocycles. The van der Waals surface area contributed by atoms with Crippen LogP contribution in [0.5, 0.6) is 0 Å². The van der Waals surface area contributed by atoms with Crippen molar-refractivity contribution in [3.63, 3.8) is 0 Å². The van der Waals surface area contributed by atoms with Gasteiger partial charge in [-0.3, -0.25) is 24.0 Å². The molecule has 0 spiro atoms. The summed E-state index contributed by atoms with van der Waals surface area (Å²) in [6, 6.07) is -5.31. The highest BCUT2D eigenvalue weighted by molar-refractivity contribution is 5.95. The molecule has 0 aliphatic rings. The molecule has 0 bridgehead atoms. The van der Waals surface area contributed by atoms with Crippen LogP contribution >= 0.6 is 0 Å². The number of amides is 4. The molecule has 33 heavy (non-hydrogen) atoms. The van der Waals surface area contributed by atoms with Crippen molar-refractivity contribution in [1.82, 2.24) is 16.0 Å². The molecule has 0 aromatic carbocycles. The van der Waals surface area contributed by atoms with Crippen molar-refractivity contribution in [2.45, 2.75) is 70.1 Å². The predicted molar refractivity (Wildman–Crippen MR) is 115 cm³/mol. The van der Waals surface area contributed by atoms with Gasteiger partial charge in [0, 0.05) is 0 Å². The minimum absolute atomic E-state index is 0.154. The topological polar surface area (TPSA) is 257 Å². The van der Waals surface area contributed by atoms with Gasteiger partial charge in [-0.1, -0.05) is 13.8 Å². The maximum absolute atomic E-state index is 12.9. The summed E-state index contributed by atoms with van der Waals surface area (Å²) >= 11 is 0. The second-order valence-electron chi connectivity index (χ2n) is 7.85. The zero-order valence-electron chi connectivity index (χ0n) is 18.7. The van der Waals surface area contributed by atoms with Gasteiger partial charge in [0.2, 0.25) is 23.6 Å². The number of carbonyl (C=O) groups excluding carboxylic acids is 4. The van der Waals surface area contributed by atoms with Gasteiger partial charge in [0.1, 0.15) is 18.1 Å². The SMILES string of the molecule is CC(C)C(NC(=O)C(CCCCN)NC(=O)C(N)CC(N)=O)C(=O)NC(CC(=O)O)C(=O)O. The van der Waals surface area contributed by atoms with E-state index >= 15 is 0 Å². The smallest absolute Gasteiger partial charge is 0.326 e. The first kappa shape index (κ1) is 29.7. The first-order chi connectivity index (χ1) is 15.3. The third-order valence-electron chi connectivity index (χ3n) is 4.58. The van der Waals surface area contributed by atoms with E-state index in [1.165, 1.54) is 0 Å². The second kappa shape index (κ2) is 14.7. The van der Waals surface area contributed by atoms with Crippen molar-refractivity contribution >= 4 is 35.6 Å². The number of aliphatic carboxylic acids is 2. The van der Waals surface area contributed by atoms with E-state index < -0.39 is 78.5 Å². The molecular weight excluding hydrogens is 440 g/mol. The van der Waals surface area contributed by atoms with Gasteiger partial charge in [0.25, 0.3) is 0 Å². The summed E-state index contributed by atoms with van der Waals surface area (Å²) in [6.45, 7) is 3.52. The first-order valence-corrected chi connectivity index (χ1v) is 10.4. The lowest BCUT2D eigenvalue weighted by atomic mass is 10.0. The van der Waals surface area contributed by atoms with E-state index in [-0.39, 0.29) is 6.42 Å². The Kier molecular flexibility index (Phi) is 13.3. The van der Waals surface area contributed by atoms with E-state index in [1.54, 1.807) is 13.8 Å². The maximum atomic E-state index is 12.9. The number of hydrogen-bond donors (Lipinski definition) is 8. The molecule has 4 unspecified atom stereocenters. The zero-order chi connectivity index (χ0) is 25.7. The van der Waals surface area contributed by atoms with Crippen LogP contribution < -0.4 is 33.2 Å². The van der Waals surface area contributed by atoms with E-state index in [9.17, 15) is 28.8 Å². The largest absolute Gasteiger partial charge is 0.481 e. The Bertz CT molecular complexity index is 729. The maximum Gasteiger partial charge on any atom is 0.326 e. The molecule has 188 valence electrons. The highest BCUT2D eigenvalue weighted by Crippen LogP contribution is 2.07. The summed E-state index contributed by atoms with van der Waals surface area (Å²) < 4.78 is 0. The Morgan fingerprint density at radius 2 is 1.39 bits per heavy atom. The third kappa shape index (κ3) is 11.8. The summed E-state index contributed by atoms with van der Waals surface area (Å²) in [6.07, 6.45) is -0.120. The van der Waals surface area contributed by atoms with Gasteiger partial charge in [0.15, 0.2) is 0 Å². The standard InChI is InChI=1S/C19H34N6O8/c1-9(2)15(18(31)24-12(19(32)33)8-14(27)28)25-17(30)11(5-3-4-6-20)23-16(29)10(21)7-13(22)26/h9-12,15H,3-8,20-21H2,1-2H3,(H2,22,26)(H,23,29)(H,24,31)(H,25,30)(H,27,28)(H,32,33). The predicted octanol–water partition coefficient (Wildman–Crippen LogP) is -3.01. The fraction of sp³-hybridized carbons (Fsp3) is 0.684. The van der Waals surface area contributed by atoms with Crippen molar-refractivity contribution in [3.05, 3.63) is 0 Å². The minimum Gasteiger partial charge on any atom is -0.481 e. The van der Waals surface area contributed by atoms with Gasteiger partial charge in [-0.05, 0) is 31.7 Å². The van der Waals surface area contributed by atoms with Crippen molar-refractivity contribution < 1.29 is 39.0 Å². The van der Waals surface area contributed by atoms with E-state index in [0.29, 0.717) is 19.4 Å². The first-order valence-electron chi connectivity index (χ1n) is 10.4. The Labute approximate surface area is 191 Å². The number of rotatable bonds is 16. The molecule has 0 radical (unpaired) electrons. The molecule has 0 saturated carbocycles. The lowest BCUT2D eigenvalue weighted by molar-refractivity contribution is -0.147. The van der Waals surface area contributed by atoms with Gasteiger partial charge in [0.05, 0.1) is 18.9 Å². The van der Waals surface area contributed by atoms with Crippen LogP contribution in [-0.4, -0.2) is 76.5 Å². The van der Waals surface area contributed by atoms with Gasteiger partial charge in [-0.25, -0.2) is 4.79 Å². The van der Waals surface area contributed by atoms with Crippen molar-refractivity contribution in [2.24, 2.45) is 23.1 Å². The average molecular weight is 475 g/mol. The molecule has 0 aromatic rings. The molecule has 0 aliphatic heterocycles. The van der Waals surface area contributed by atoms with E-state index in [1.807, 2.05) is 0 Å². The van der Waals surface area contributed by atoms with Gasteiger partial charge in [-0.2, -0.15) is 0 Å². The summed E-state index contributed by atoms with van der Waals surface area (Å²) in [4.78, 5) is 70.8. The van der Waals surface area contributed by atoms with Crippen LogP contribution in [-0.2, 0) is 28.8 Å². The fourth-order valence-corrected chi connectivity index (χ4v) is 2.77. The molecular formula is C19H34N6O8. The second-order valence-corrected chi connectivity index (χ2v) is 7.85. The lowest BCUT2D eigenvalue weighted by Crippen LogP contribution is -2.58. The quantitative estimate of drug-likeness (QED) is 0.105. The third-order valence-corrected chi connectivity index (χ3v) is 4.58. The molecule has 0 fully saturated rings. The number of unbranched alkanes of at least 4 members (excludes halogenated alkanes) is 1. The van der Waals surface area contributed by atoms with Crippen LogP contribution in [0.15, 0.2) is 0 Å². The van der Waals surface area contributed by atoms with E-state index in [2.05, 4.69) is 16.0 Å². The fourth-order valence-electron chi connectivity index (χ4n) is 2.77. The van der Waals surface area contributed by atoms with Crippen LogP contribution in [0, 0.1) is 5.92 Å². The van der Waals surface area contributed by atoms with Crippen LogP contribution in [0.25, 0.3) is 0 Å². The highest BCUT2D eigenvalue weighted by Gasteiger charge is 2.32. The molecule has 0 aliphatic carbocycles. The van der Waals surface area contributed by atoms with Crippen LogP contribution in [0.2, 0.25) is 0 Å². The molecule has 14 heteroatoms. The molecule has 11 N–H and O–H groups in total. The summed E-state index contributed by atoms with van der Waals surface area (Å²) in [7, 11) is 0. The molecule has 4 atom stereocenters. The Morgan fingerprint density at radius 1 is 0.818 bits per heavy atom. The molecule has 0 saturated heterocycles. The number of primary amides is 1. The van der Waals surface area contributed by atoms with Crippen LogP contribution in [0.4, 0.5) is 0 Å². The van der Waals surface area contributed by atoms with Gasteiger partial charge < -0.3 is 43.4 Å². The van der Waals surface area contributed by atoms with Crippen molar-refractivity contribution in [3.8, 4) is 0 Å². The number of carbonyl (C=O) groups is 6. The number of nitrogens with two attached hydrogens (primary N) is 3. The number of carboxylic acids is 2. The van der Waals surface area contributed by atoms with Gasteiger partial charge >= 0.3 is 11.9 Å². The summed E-state index contributed by atoms with van der Waals surface area (Å²) in [5.74, 6) is -6.72. The Balaban J connectivity index is 5.45. The Hall–Kier alpha value is -3.26. The zero-order valence-corrected chi connectivity index (χ0v) is 18.7. The van der Waals surface area contributed by atoms with E-state index in [4.69, 9.17) is 27.4 Å². The minimum atomic E-state index is -1.69. The lowest BCUT2D eigenvalue weighted by Gasteiger charge is -2.27. The number of carboxylic acid groups (broad SMARTS) is 2. The highest BCUT2D eigenvalue weighted by atomic mass is 16.4. The Morgan fingerprint density at radius 3 is 1.85 bits per heavy atom. The van der Waals surface area contributed by atoms with Gasteiger partial charge in [-0.15, -0.1) is 0 Å². The molecule has 4 amide bonds. The average Bonchev–Trinajstić information content (AvgIpc) is 2.69. The molecule has 14 nitrogen and oxygen atoms in total. The van der Waals surface area contributed by atoms with Crippen molar-refractivity contribution in [1.29, 1.82) is 0 Å².